The predicted molar refractivity (Wildman–Crippen MR) is 92.0 cm³/mol. The Kier molecular flexibility index (Phi) is 6.61. The first-order chi connectivity index (χ1) is 9.62. The second-order valence-corrected chi connectivity index (χ2v) is 15.5. The second-order valence-electron chi connectivity index (χ2n) is 7.37. The third-order valence-electron chi connectivity index (χ3n) is 5.35. The van der Waals surface area contributed by atoms with Crippen LogP contribution < -0.4 is 0 Å². The zero-order chi connectivity index (χ0) is 16.3. The van der Waals surface area contributed by atoms with Gasteiger partial charge >= 0.3 is 8.80 Å². The largest absolute Gasteiger partial charge is 0.514 e. The van der Waals surface area contributed by atoms with Crippen molar-refractivity contribution in [3.63, 3.8) is 0 Å². The molecular weight excluding hydrogens is 300 g/mol. The Morgan fingerprint density at radius 3 is 1.62 bits per heavy atom. The molecule has 0 aliphatic carbocycles. The highest BCUT2D eigenvalue weighted by molar-refractivity contribution is 6.77. The molecule has 0 saturated carbocycles. The normalized spacial score (nSPS) is 20.0. The molecule has 0 aromatic carbocycles. The molecular formula is C14H34N2O3Si2. The van der Waals surface area contributed by atoms with Crippen LogP contribution in [0.1, 0.15) is 20.8 Å². The summed E-state index contributed by atoms with van der Waals surface area (Å²) in [4.78, 5) is 2.42. The van der Waals surface area contributed by atoms with E-state index in [1.807, 2.05) is 0 Å². The van der Waals surface area contributed by atoms with Gasteiger partial charge in [-0.1, -0.05) is 33.9 Å². The molecule has 0 bridgehead atoms. The average Bonchev–Trinajstić information content (AvgIpc) is 2.44. The molecule has 1 aliphatic heterocycles. The van der Waals surface area contributed by atoms with Gasteiger partial charge in [0.15, 0.2) is 0 Å². The fraction of sp³-hybridized carbons (Fsp3) is 1.00. The third-order valence-corrected chi connectivity index (χ3v) is 13.7. The van der Waals surface area contributed by atoms with Crippen LogP contribution in [0.25, 0.3) is 0 Å². The molecule has 1 saturated heterocycles. The first-order valence-electron chi connectivity index (χ1n) is 7.75. The van der Waals surface area contributed by atoms with Crippen LogP contribution in [-0.4, -0.2) is 80.2 Å². The summed E-state index contributed by atoms with van der Waals surface area (Å²) in [7, 11) is 1.17. The maximum Gasteiger partial charge on any atom is 0.514 e. The minimum atomic E-state index is -2.49. The van der Waals surface area contributed by atoms with Crippen molar-refractivity contribution in [3.05, 3.63) is 0 Å². The van der Waals surface area contributed by atoms with Crippen LogP contribution in [0, 0.1) is 0 Å². The molecule has 5 nitrogen and oxygen atoms in total. The first kappa shape index (κ1) is 19.3. The smallest absolute Gasteiger partial charge is 0.376 e. The lowest BCUT2D eigenvalue weighted by molar-refractivity contribution is 0.0926. The van der Waals surface area contributed by atoms with Crippen LogP contribution in [0.4, 0.5) is 0 Å². The Morgan fingerprint density at radius 1 is 0.857 bits per heavy atom. The molecule has 0 amide bonds. The van der Waals surface area contributed by atoms with Crippen molar-refractivity contribution < 1.29 is 13.3 Å². The molecule has 0 N–H and O–H groups in total. The van der Waals surface area contributed by atoms with Crippen molar-refractivity contribution in [2.45, 2.75) is 38.9 Å². The molecule has 1 heterocycles. The Morgan fingerprint density at radius 2 is 1.29 bits per heavy atom. The fourth-order valence-electron chi connectivity index (χ4n) is 2.66. The summed E-state index contributed by atoms with van der Waals surface area (Å²) >= 11 is 0. The van der Waals surface area contributed by atoms with E-state index in [2.05, 4.69) is 43.3 Å². The highest BCUT2D eigenvalue weighted by Crippen LogP contribution is 2.38. The molecule has 0 atom stereocenters. The van der Waals surface area contributed by atoms with Crippen molar-refractivity contribution in [3.8, 4) is 0 Å². The van der Waals surface area contributed by atoms with Crippen LogP contribution in [0.5, 0.6) is 0 Å². The molecule has 126 valence electrons. The van der Waals surface area contributed by atoms with E-state index in [1.165, 1.54) is 0 Å². The van der Waals surface area contributed by atoms with Crippen LogP contribution in [-0.2, 0) is 13.3 Å². The molecule has 7 heteroatoms. The summed E-state index contributed by atoms with van der Waals surface area (Å²) in [6.45, 7) is 16.5. The van der Waals surface area contributed by atoms with Crippen molar-refractivity contribution in [1.29, 1.82) is 0 Å². The van der Waals surface area contributed by atoms with Crippen LogP contribution >= 0.6 is 0 Å². The molecule has 0 unspecified atom stereocenters. The predicted octanol–water partition coefficient (Wildman–Crippen LogP) is 2.03. The average molecular weight is 335 g/mol. The van der Waals surface area contributed by atoms with Gasteiger partial charge in [-0.15, -0.1) is 0 Å². The molecule has 0 aromatic heterocycles. The molecule has 21 heavy (non-hydrogen) atoms. The third kappa shape index (κ3) is 4.37. The minimum absolute atomic E-state index is 0.402. The molecule has 0 radical (unpaired) electrons. The summed E-state index contributed by atoms with van der Waals surface area (Å²) in [5.41, 5.74) is 0. The zero-order valence-electron chi connectivity index (χ0n) is 15.2. The van der Waals surface area contributed by atoms with Crippen molar-refractivity contribution in [2.24, 2.45) is 0 Å². The monoisotopic (exact) mass is 334 g/mol. The van der Waals surface area contributed by atoms with E-state index in [4.69, 9.17) is 13.3 Å². The van der Waals surface area contributed by atoms with E-state index in [0.29, 0.717) is 5.04 Å². The van der Waals surface area contributed by atoms with E-state index in [0.717, 1.165) is 32.3 Å². The van der Waals surface area contributed by atoms with Gasteiger partial charge in [0.05, 0.1) is 6.17 Å². The van der Waals surface area contributed by atoms with Gasteiger partial charge in [0, 0.05) is 47.5 Å². The summed E-state index contributed by atoms with van der Waals surface area (Å²) in [6, 6.07) is 0. The maximum absolute atomic E-state index is 5.54. The van der Waals surface area contributed by atoms with Crippen molar-refractivity contribution in [2.75, 3.05) is 53.7 Å². The van der Waals surface area contributed by atoms with Crippen molar-refractivity contribution in [1.82, 2.24) is 9.47 Å². The number of hydrogen-bond acceptors (Lipinski definition) is 5. The second kappa shape index (κ2) is 7.20. The Balaban J connectivity index is 2.60. The zero-order valence-corrected chi connectivity index (χ0v) is 17.2. The van der Waals surface area contributed by atoms with Gasteiger partial charge in [-0.3, -0.25) is 4.90 Å². The quantitative estimate of drug-likeness (QED) is 0.694. The molecule has 1 fully saturated rings. The highest BCUT2D eigenvalue weighted by atomic mass is 28.4. The molecule has 1 rings (SSSR count). The van der Waals surface area contributed by atoms with Gasteiger partial charge in [-0.05, 0) is 5.04 Å². The Hall–Kier alpha value is 0.234. The number of nitrogens with zero attached hydrogens (tertiary/aromatic N) is 2. The van der Waals surface area contributed by atoms with Crippen LogP contribution in [0.15, 0.2) is 0 Å². The number of rotatable bonds is 6. The molecule has 0 spiro atoms. The van der Waals surface area contributed by atoms with Gasteiger partial charge in [0.2, 0.25) is 0 Å². The molecule has 0 aromatic rings. The van der Waals surface area contributed by atoms with E-state index in [9.17, 15) is 0 Å². The van der Waals surface area contributed by atoms with E-state index >= 15 is 0 Å². The maximum atomic E-state index is 5.54. The SMILES string of the molecule is CO[Si](CN1CCN([Si](C)(C)C(C)(C)C)CC1)(OC)OC. The lowest BCUT2D eigenvalue weighted by Crippen LogP contribution is -2.63. The standard InChI is InChI=1S/C14H34N2O3Si2/c1-14(2,3)20(7,8)16-11-9-15(10-12-16)13-21(17-4,18-5)19-6/h9-13H2,1-8H3. The first-order valence-corrected chi connectivity index (χ1v) is 12.6. The van der Waals surface area contributed by atoms with Gasteiger partial charge in [-0.25, -0.2) is 0 Å². The van der Waals surface area contributed by atoms with E-state index in [-0.39, 0.29) is 0 Å². The van der Waals surface area contributed by atoms with Crippen molar-refractivity contribution >= 4 is 17.0 Å². The Labute approximate surface area is 133 Å². The molecule has 1 aliphatic rings. The highest BCUT2D eigenvalue weighted by Gasteiger charge is 2.44. The number of piperazine rings is 1. The lowest BCUT2D eigenvalue weighted by atomic mass is 10.2. The lowest BCUT2D eigenvalue weighted by Gasteiger charge is -2.49. The van der Waals surface area contributed by atoms with E-state index in [1.54, 1.807) is 21.3 Å². The summed E-state index contributed by atoms with van der Waals surface area (Å²) in [5.74, 6) is 0. The van der Waals surface area contributed by atoms with Gasteiger partial charge in [-0.2, -0.15) is 0 Å². The van der Waals surface area contributed by atoms with Gasteiger partial charge < -0.3 is 17.8 Å². The summed E-state index contributed by atoms with van der Waals surface area (Å²) in [5, 5.41) is 0.402. The van der Waals surface area contributed by atoms with Crippen LogP contribution in [0.2, 0.25) is 18.1 Å². The fourth-order valence-corrected chi connectivity index (χ4v) is 6.67. The minimum Gasteiger partial charge on any atom is -0.376 e. The summed E-state index contributed by atoms with van der Waals surface area (Å²) in [6.07, 6.45) is 0.780. The topological polar surface area (TPSA) is 34.2 Å². The Bertz CT molecular complexity index is 314. The van der Waals surface area contributed by atoms with Crippen LogP contribution in [0.3, 0.4) is 0 Å². The van der Waals surface area contributed by atoms with Gasteiger partial charge in [0.25, 0.3) is 0 Å². The number of hydrogen-bond donors (Lipinski definition) is 0. The van der Waals surface area contributed by atoms with E-state index < -0.39 is 17.0 Å². The van der Waals surface area contributed by atoms with Gasteiger partial charge in [0.1, 0.15) is 8.24 Å². The summed E-state index contributed by atoms with van der Waals surface area (Å²) < 4.78 is 19.3.